The summed E-state index contributed by atoms with van der Waals surface area (Å²) < 4.78 is 0. The first-order chi connectivity index (χ1) is 9.22. The van der Waals surface area contributed by atoms with Crippen LogP contribution in [-0.2, 0) is 0 Å². The van der Waals surface area contributed by atoms with Crippen molar-refractivity contribution in [2.75, 3.05) is 19.6 Å². The minimum absolute atomic E-state index is 0.114. The quantitative estimate of drug-likeness (QED) is 0.877. The Morgan fingerprint density at radius 1 is 1.37 bits per heavy atom. The first-order valence-electron chi connectivity index (χ1n) is 7.03. The van der Waals surface area contributed by atoms with Crippen LogP contribution in [0.4, 0.5) is 0 Å². The fourth-order valence-electron chi connectivity index (χ4n) is 2.64. The second-order valence-corrected chi connectivity index (χ2v) is 5.63. The van der Waals surface area contributed by atoms with E-state index < -0.39 is 0 Å². The zero-order valence-corrected chi connectivity index (χ0v) is 11.3. The van der Waals surface area contributed by atoms with Gasteiger partial charge in [-0.3, -0.25) is 9.78 Å². The Morgan fingerprint density at radius 3 is 2.89 bits per heavy atom. The van der Waals surface area contributed by atoms with Crippen LogP contribution in [0.15, 0.2) is 12.4 Å². The highest BCUT2D eigenvalue weighted by molar-refractivity contribution is 5.91. The highest BCUT2D eigenvalue weighted by atomic mass is 16.1. The summed E-state index contributed by atoms with van der Waals surface area (Å²) in [6, 6.07) is 0.837. The fourth-order valence-corrected chi connectivity index (χ4v) is 2.64. The minimum atomic E-state index is -0.114. The summed E-state index contributed by atoms with van der Waals surface area (Å²) in [5.74, 6) is 0.473. The number of hydrogen-bond donors (Lipinski definition) is 1. The fraction of sp³-hybridized carbons (Fsp3) is 0.643. The normalized spacial score (nSPS) is 23.5. The number of aryl methyl sites for hydroxylation is 1. The molecule has 2 fully saturated rings. The van der Waals surface area contributed by atoms with Gasteiger partial charge in [0.2, 0.25) is 0 Å². The zero-order valence-electron chi connectivity index (χ0n) is 11.3. The molecule has 1 aliphatic heterocycles. The van der Waals surface area contributed by atoms with Crippen molar-refractivity contribution in [3.8, 4) is 0 Å². The monoisotopic (exact) mass is 260 g/mol. The van der Waals surface area contributed by atoms with Crippen LogP contribution in [0.3, 0.4) is 0 Å². The summed E-state index contributed by atoms with van der Waals surface area (Å²) in [6.45, 7) is 4.93. The maximum Gasteiger partial charge on any atom is 0.271 e. The average Bonchev–Trinajstić information content (AvgIpc) is 3.16. The van der Waals surface area contributed by atoms with Gasteiger partial charge in [0.25, 0.3) is 5.91 Å². The molecule has 2 heterocycles. The number of rotatable bonds is 4. The number of nitrogens with one attached hydrogen (secondary N) is 1. The number of carbonyl (C=O) groups excluding carboxylic acids is 1. The number of amides is 1. The van der Waals surface area contributed by atoms with Crippen molar-refractivity contribution in [3.63, 3.8) is 0 Å². The third-order valence-electron chi connectivity index (χ3n) is 3.95. The lowest BCUT2D eigenvalue weighted by molar-refractivity contribution is 0.0942. The highest BCUT2D eigenvalue weighted by Crippen LogP contribution is 2.31. The molecule has 5 heteroatoms. The molecule has 1 aliphatic carbocycles. The maximum atomic E-state index is 11.9. The Kier molecular flexibility index (Phi) is 3.46. The lowest BCUT2D eigenvalue weighted by atomic mass is 10.1. The topological polar surface area (TPSA) is 58.1 Å². The molecule has 1 amide bonds. The molecule has 0 radical (unpaired) electrons. The lowest BCUT2D eigenvalue weighted by Crippen LogP contribution is -2.32. The third kappa shape index (κ3) is 3.10. The van der Waals surface area contributed by atoms with E-state index in [1.54, 1.807) is 6.20 Å². The molecule has 1 saturated carbocycles. The van der Waals surface area contributed by atoms with Gasteiger partial charge in [0.15, 0.2) is 0 Å². The van der Waals surface area contributed by atoms with E-state index in [0.717, 1.165) is 24.8 Å². The van der Waals surface area contributed by atoms with Crippen molar-refractivity contribution in [1.82, 2.24) is 20.2 Å². The minimum Gasteiger partial charge on any atom is -0.350 e. The molecule has 5 nitrogen and oxygen atoms in total. The summed E-state index contributed by atoms with van der Waals surface area (Å²) in [4.78, 5) is 22.7. The Bertz CT molecular complexity index is 455. The number of nitrogens with zero attached hydrogens (tertiary/aromatic N) is 3. The zero-order chi connectivity index (χ0) is 13.2. The molecule has 1 N–H and O–H groups in total. The van der Waals surface area contributed by atoms with Gasteiger partial charge in [-0.25, -0.2) is 4.98 Å². The molecule has 0 unspecified atom stereocenters. The summed E-state index contributed by atoms with van der Waals surface area (Å²) >= 11 is 0. The molecule has 3 rings (SSSR count). The van der Waals surface area contributed by atoms with Gasteiger partial charge in [0.1, 0.15) is 5.69 Å². The van der Waals surface area contributed by atoms with Crippen LogP contribution in [0.2, 0.25) is 0 Å². The molecule has 1 aromatic heterocycles. The molecule has 1 aromatic rings. The van der Waals surface area contributed by atoms with Gasteiger partial charge in [0, 0.05) is 25.3 Å². The summed E-state index contributed by atoms with van der Waals surface area (Å²) in [5, 5.41) is 2.97. The highest BCUT2D eigenvalue weighted by Gasteiger charge is 2.34. The summed E-state index contributed by atoms with van der Waals surface area (Å²) in [5.41, 5.74) is 1.23. The Hall–Kier alpha value is -1.49. The van der Waals surface area contributed by atoms with Gasteiger partial charge in [-0.05, 0) is 38.6 Å². The van der Waals surface area contributed by atoms with E-state index in [4.69, 9.17) is 0 Å². The SMILES string of the molecule is Cc1cnc(C(=O)NC[C@H]2CCN(C3CC3)C2)cn1. The average molecular weight is 260 g/mol. The van der Waals surface area contributed by atoms with Crippen LogP contribution in [0, 0.1) is 12.8 Å². The van der Waals surface area contributed by atoms with Crippen molar-refractivity contribution in [2.45, 2.75) is 32.2 Å². The van der Waals surface area contributed by atoms with Gasteiger partial charge < -0.3 is 10.2 Å². The molecule has 1 saturated heterocycles. The van der Waals surface area contributed by atoms with E-state index in [9.17, 15) is 4.79 Å². The van der Waals surface area contributed by atoms with Gasteiger partial charge in [-0.15, -0.1) is 0 Å². The largest absolute Gasteiger partial charge is 0.350 e. The number of aromatic nitrogens is 2. The Labute approximate surface area is 113 Å². The predicted octanol–water partition coefficient (Wildman–Crippen LogP) is 0.999. The van der Waals surface area contributed by atoms with Crippen LogP contribution in [0.1, 0.15) is 35.4 Å². The number of carbonyl (C=O) groups is 1. The molecule has 0 bridgehead atoms. The van der Waals surface area contributed by atoms with E-state index in [1.165, 1.54) is 32.0 Å². The second-order valence-electron chi connectivity index (χ2n) is 5.63. The van der Waals surface area contributed by atoms with Crippen LogP contribution < -0.4 is 5.32 Å². The smallest absolute Gasteiger partial charge is 0.271 e. The van der Waals surface area contributed by atoms with Crippen molar-refractivity contribution in [1.29, 1.82) is 0 Å². The lowest BCUT2D eigenvalue weighted by Gasteiger charge is -2.15. The number of hydrogen-bond acceptors (Lipinski definition) is 4. The molecular formula is C14H20N4O. The maximum absolute atomic E-state index is 11.9. The van der Waals surface area contributed by atoms with E-state index in [2.05, 4.69) is 20.2 Å². The molecule has 0 aromatic carbocycles. The first-order valence-corrected chi connectivity index (χ1v) is 7.03. The predicted molar refractivity (Wildman–Crippen MR) is 71.8 cm³/mol. The third-order valence-corrected chi connectivity index (χ3v) is 3.95. The van der Waals surface area contributed by atoms with Gasteiger partial charge in [0.05, 0.1) is 11.9 Å². The van der Waals surface area contributed by atoms with Gasteiger partial charge >= 0.3 is 0 Å². The van der Waals surface area contributed by atoms with Crippen molar-refractivity contribution in [2.24, 2.45) is 5.92 Å². The van der Waals surface area contributed by atoms with E-state index in [1.807, 2.05) is 6.92 Å². The second kappa shape index (κ2) is 5.25. The van der Waals surface area contributed by atoms with Crippen LogP contribution in [-0.4, -0.2) is 46.5 Å². The molecule has 102 valence electrons. The summed E-state index contributed by atoms with van der Waals surface area (Å²) in [6.07, 6.45) is 7.07. The summed E-state index contributed by atoms with van der Waals surface area (Å²) in [7, 11) is 0. The molecule has 0 spiro atoms. The molecule has 1 atom stereocenters. The van der Waals surface area contributed by atoms with Gasteiger partial charge in [-0.2, -0.15) is 0 Å². The van der Waals surface area contributed by atoms with Crippen molar-refractivity contribution < 1.29 is 4.79 Å². The molecule has 2 aliphatic rings. The van der Waals surface area contributed by atoms with Crippen LogP contribution >= 0.6 is 0 Å². The number of likely N-dealkylation sites (tertiary alicyclic amines) is 1. The van der Waals surface area contributed by atoms with Crippen LogP contribution in [0.25, 0.3) is 0 Å². The molecule has 19 heavy (non-hydrogen) atoms. The van der Waals surface area contributed by atoms with E-state index in [-0.39, 0.29) is 5.91 Å². The van der Waals surface area contributed by atoms with Crippen molar-refractivity contribution in [3.05, 3.63) is 23.8 Å². The Balaban J connectivity index is 1.46. The first kappa shape index (κ1) is 12.5. The Morgan fingerprint density at radius 2 is 2.21 bits per heavy atom. The van der Waals surface area contributed by atoms with Gasteiger partial charge in [-0.1, -0.05) is 0 Å². The standard InChI is InChI=1S/C14H20N4O/c1-10-6-16-13(8-15-10)14(19)17-7-11-4-5-18(9-11)12-2-3-12/h6,8,11-12H,2-5,7,9H2,1H3,(H,17,19)/t11-/m1/s1. The van der Waals surface area contributed by atoms with Crippen LogP contribution in [0.5, 0.6) is 0 Å². The van der Waals surface area contributed by atoms with E-state index >= 15 is 0 Å². The molecular weight excluding hydrogens is 240 g/mol. The van der Waals surface area contributed by atoms with Crippen molar-refractivity contribution >= 4 is 5.91 Å². The van der Waals surface area contributed by atoms with E-state index in [0.29, 0.717) is 11.6 Å².